The number of halogens is 1. The van der Waals surface area contributed by atoms with Gasteiger partial charge >= 0.3 is 0 Å². The molecule has 0 saturated carbocycles. The van der Waals surface area contributed by atoms with Crippen LogP contribution in [0.2, 0.25) is 5.02 Å². The average Bonchev–Trinajstić information content (AvgIpc) is 2.72. The van der Waals surface area contributed by atoms with Crippen LogP contribution in [-0.4, -0.2) is 11.8 Å². The molecule has 3 aromatic carbocycles. The molecule has 0 aromatic heterocycles. The number of benzene rings is 3. The lowest BCUT2D eigenvalue weighted by molar-refractivity contribution is 0.0844. The topological polar surface area (TPSA) is 67.4 Å². The van der Waals surface area contributed by atoms with Crippen LogP contribution in [0.25, 0.3) is 0 Å². The molecule has 0 aliphatic carbocycles. The predicted molar refractivity (Wildman–Crippen MR) is 108 cm³/mol. The summed E-state index contributed by atoms with van der Waals surface area (Å²) in [7, 11) is 0. The molecule has 0 aliphatic rings. The van der Waals surface area contributed by atoms with E-state index >= 15 is 0 Å². The van der Waals surface area contributed by atoms with Gasteiger partial charge in [-0.15, -0.1) is 0 Å². The Morgan fingerprint density at radius 1 is 0.857 bits per heavy atom. The van der Waals surface area contributed by atoms with E-state index in [4.69, 9.17) is 16.3 Å². The van der Waals surface area contributed by atoms with E-state index in [9.17, 15) is 9.59 Å². The lowest BCUT2D eigenvalue weighted by Crippen LogP contribution is -2.41. The van der Waals surface area contributed by atoms with Crippen molar-refractivity contribution in [3.8, 4) is 5.75 Å². The van der Waals surface area contributed by atoms with Gasteiger partial charge in [0.2, 0.25) is 0 Å². The van der Waals surface area contributed by atoms with Crippen LogP contribution in [-0.2, 0) is 6.61 Å². The van der Waals surface area contributed by atoms with Gasteiger partial charge < -0.3 is 4.74 Å². The molecule has 0 radical (unpaired) electrons. The number of amides is 2. The first kappa shape index (κ1) is 19.5. The molecule has 0 bridgehead atoms. The van der Waals surface area contributed by atoms with Gasteiger partial charge in [0.05, 0.1) is 5.56 Å². The van der Waals surface area contributed by atoms with Crippen molar-refractivity contribution < 1.29 is 14.3 Å². The van der Waals surface area contributed by atoms with Crippen molar-refractivity contribution in [3.63, 3.8) is 0 Å². The molecule has 5 nitrogen and oxygen atoms in total. The molecular formula is C22H19ClN2O3. The Morgan fingerprint density at radius 2 is 1.50 bits per heavy atom. The fourth-order valence-corrected chi connectivity index (χ4v) is 2.61. The summed E-state index contributed by atoms with van der Waals surface area (Å²) < 4.78 is 5.77. The molecule has 2 amide bonds. The van der Waals surface area contributed by atoms with E-state index in [1.807, 2.05) is 31.2 Å². The number of ether oxygens (including phenoxy) is 1. The molecule has 0 fully saturated rings. The molecule has 28 heavy (non-hydrogen) atoms. The van der Waals surface area contributed by atoms with Gasteiger partial charge in [-0.25, -0.2) is 0 Å². The Kier molecular flexibility index (Phi) is 6.29. The first-order valence-electron chi connectivity index (χ1n) is 8.66. The summed E-state index contributed by atoms with van der Waals surface area (Å²) in [6.45, 7) is 2.22. The van der Waals surface area contributed by atoms with Gasteiger partial charge in [0.25, 0.3) is 11.8 Å². The summed E-state index contributed by atoms with van der Waals surface area (Å²) in [5.74, 6) is -0.445. The highest BCUT2D eigenvalue weighted by Gasteiger charge is 2.14. The molecule has 3 aromatic rings. The standard InChI is InChI=1S/C22H19ClN2O3/c1-15-6-10-17(11-7-15)21(26)24-25-22(27)19-4-2-3-5-20(19)28-14-16-8-12-18(23)13-9-16/h2-13H,14H2,1H3,(H,24,26)(H,25,27). The Labute approximate surface area is 168 Å². The minimum Gasteiger partial charge on any atom is -0.488 e. The third-order valence-electron chi connectivity index (χ3n) is 4.04. The first-order valence-corrected chi connectivity index (χ1v) is 9.04. The van der Waals surface area contributed by atoms with Crippen molar-refractivity contribution in [2.45, 2.75) is 13.5 Å². The van der Waals surface area contributed by atoms with Gasteiger partial charge in [-0.05, 0) is 48.9 Å². The Hall–Kier alpha value is -3.31. The Balaban J connectivity index is 1.62. The largest absolute Gasteiger partial charge is 0.488 e. The van der Waals surface area contributed by atoms with E-state index in [0.717, 1.165) is 11.1 Å². The predicted octanol–water partition coefficient (Wildman–Crippen LogP) is 4.30. The smallest absolute Gasteiger partial charge is 0.273 e. The van der Waals surface area contributed by atoms with E-state index < -0.39 is 11.8 Å². The number of para-hydroxylation sites is 1. The van der Waals surface area contributed by atoms with E-state index in [2.05, 4.69) is 10.9 Å². The molecule has 0 atom stereocenters. The minimum absolute atomic E-state index is 0.289. The second kappa shape index (κ2) is 9.06. The quantitative estimate of drug-likeness (QED) is 0.634. The van der Waals surface area contributed by atoms with Crippen LogP contribution in [0, 0.1) is 6.92 Å². The number of aryl methyl sites for hydroxylation is 1. The third-order valence-corrected chi connectivity index (χ3v) is 4.29. The highest BCUT2D eigenvalue weighted by molar-refractivity contribution is 6.30. The molecule has 0 saturated heterocycles. The van der Waals surface area contributed by atoms with Gasteiger partial charge in [-0.2, -0.15) is 0 Å². The van der Waals surface area contributed by atoms with Crippen molar-refractivity contribution in [2.24, 2.45) is 0 Å². The summed E-state index contributed by atoms with van der Waals surface area (Å²) in [6, 6.07) is 21.1. The number of hydrazine groups is 1. The molecule has 0 heterocycles. The number of hydrogen-bond acceptors (Lipinski definition) is 3. The van der Waals surface area contributed by atoms with Crippen molar-refractivity contribution in [1.29, 1.82) is 0 Å². The lowest BCUT2D eigenvalue weighted by atomic mass is 10.1. The van der Waals surface area contributed by atoms with Gasteiger partial charge in [0.1, 0.15) is 12.4 Å². The normalized spacial score (nSPS) is 10.2. The second-order valence-corrected chi connectivity index (χ2v) is 6.62. The van der Waals surface area contributed by atoms with Crippen LogP contribution >= 0.6 is 11.6 Å². The van der Waals surface area contributed by atoms with Gasteiger partial charge in [0.15, 0.2) is 0 Å². The van der Waals surface area contributed by atoms with Crippen LogP contribution in [0.4, 0.5) is 0 Å². The van der Waals surface area contributed by atoms with Crippen LogP contribution in [0.3, 0.4) is 0 Å². The second-order valence-electron chi connectivity index (χ2n) is 6.19. The van der Waals surface area contributed by atoms with Crippen LogP contribution in [0.1, 0.15) is 31.8 Å². The zero-order valence-corrected chi connectivity index (χ0v) is 16.0. The molecule has 0 spiro atoms. The first-order chi connectivity index (χ1) is 13.5. The summed E-state index contributed by atoms with van der Waals surface area (Å²) in [4.78, 5) is 24.6. The van der Waals surface area contributed by atoms with E-state index in [-0.39, 0.29) is 6.61 Å². The molecule has 3 rings (SSSR count). The number of hydrogen-bond donors (Lipinski definition) is 2. The van der Waals surface area contributed by atoms with Crippen molar-refractivity contribution in [1.82, 2.24) is 10.9 Å². The monoisotopic (exact) mass is 394 g/mol. The van der Waals surface area contributed by atoms with Crippen molar-refractivity contribution in [2.75, 3.05) is 0 Å². The highest BCUT2D eigenvalue weighted by atomic mass is 35.5. The maximum atomic E-state index is 12.5. The third kappa shape index (κ3) is 5.11. The maximum Gasteiger partial charge on any atom is 0.273 e. The van der Waals surface area contributed by atoms with Crippen LogP contribution in [0.5, 0.6) is 5.75 Å². The van der Waals surface area contributed by atoms with Gasteiger partial charge in [0, 0.05) is 10.6 Å². The summed E-state index contributed by atoms with van der Waals surface area (Å²) in [5, 5.41) is 0.646. The summed E-state index contributed by atoms with van der Waals surface area (Å²) in [5.41, 5.74) is 7.59. The van der Waals surface area contributed by atoms with E-state index in [1.165, 1.54) is 0 Å². The zero-order chi connectivity index (χ0) is 19.9. The fourth-order valence-electron chi connectivity index (χ4n) is 2.48. The van der Waals surface area contributed by atoms with Crippen molar-refractivity contribution in [3.05, 3.63) is 100 Å². The molecule has 0 aliphatic heterocycles. The van der Waals surface area contributed by atoms with E-state index in [0.29, 0.717) is 21.9 Å². The van der Waals surface area contributed by atoms with Crippen LogP contribution in [0.15, 0.2) is 72.8 Å². The molecule has 6 heteroatoms. The SMILES string of the molecule is Cc1ccc(C(=O)NNC(=O)c2ccccc2OCc2ccc(Cl)cc2)cc1. The minimum atomic E-state index is -0.466. The van der Waals surface area contributed by atoms with Crippen LogP contribution < -0.4 is 15.6 Å². The molecule has 2 N–H and O–H groups in total. The number of nitrogens with one attached hydrogen (secondary N) is 2. The lowest BCUT2D eigenvalue weighted by Gasteiger charge is -2.12. The highest BCUT2D eigenvalue weighted by Crippen LogP contribution is 2.20. The summed E-state index contributed by atoms with van der Waals surface area (Å²) in [6.07, 6.45) is 0. The number of carbonyl (C=O) groups is 2. The Morgan fingerprint density at radius 3 is 2.21 bits per heavy atom. The number of carbonyl (C=O) groups excluding carboxylic acids is 2. The number of rotatable bonds is 5. The van der Waals surface area contributed by atoms with Crippen molar-refractivity contribution >= 4 is 23.4 Å². The molecule has 142 valence electrons. The maximum absolute atomic E-state index is 12.5. The Bertz CT molecular complexity index is 970. The fraction of sp³-hybridized carbons (Fsp3) is 0.0909. The van der Waals surface area contributed by atoms with E-state index in [1.54, 1.807) is 48.5 Å². The molecular weight excluding hydrogens is 376 g/mol. The summed E-state index contributed by atoms with van der Waals surface area (Å²) >= 11 is 5.88. The molecule has 0 unspecified atom stereocenters. The van der Waals surface area contributed by atoms with Gasteiger partial charge in [-0.3, -0.25) is 20.4 Å². The zero-order valence-electron chi connectivity index (χ0n) is 15.2. The van der Waals surface area contributed by atoms with Gasteiger partial charge in [-0.1, -0.05) is 53.6 Å². The average molecular weight is 395 g/mol.